The van der Waals surface area contributed by atoms with E-state index in [1.54, 1.807) is 11.8 Å². The van der Waals surface area contributed by atoms with Crippen LogP contribution in [0.1, 0.15) is 62.7 Å². The number of anilines is 1. The fourth-order valence-corrected chi connectivity index (χ4v) is 5.73. The molecule has 0 atom stereocenters. The van der Waals surface area contributed by atoms with E-state index in [4.69, 9.17) is 4.42 Å². The zero-order valence-corrected chi connectivity index (χ0v) is 17.6. The second kappa shape index (κ2) is 8.39. The summed E-state index contributed by atoms with van der Waals surface area (Å²) >= 11 is 0. The lowest BCUT2D eigenvalue weighted by Gasteiger charge is -2.41. The first-order valence-electron chi connectivity index (χ1n) is 11.6. The number of benzene rings is 1. The van der Waals surface area contributed by atoms with Crippen LogP contribution >= 0.6 is 0 Å². The summed E-state index contributed by atoms with van der Waals surface area (Å²) in [5.74, 6) is 1.07. The number of nitrogens with zero attached hydrogens (tertiary/aromatic N) is 2. The normalized spacial score (nSPS) is 22.6. The summed E-state index contributed by atoms with van der Waals surface area (Å²) in [7, 11) is 0. The first-order chi connectivity index (χ1) is 14.3. The van der Waals surface area contributed by atoms with E-state index in [0.717, 1.165) is 38.5 Å². The molecule has 2 aromatic rings. The number of rotatable bonds is 4. The number of furan rings is 1. The van der Waals surface area contributed by atoms with Gasteiger partial charge in [0.15, 0.2) is 0 Å². The van der Waals surface area contributed by atoms with Gasteiger partial charge in [-0.15, -0.1) is 0 Å². The summed E-state index contributed by atoms with van der Waals surface area (Å²) in [6.45, 7) is 5.30. The van der Waals surface area contributed by atoms with Crippen molar-refractivity contribution in [3.63, 3.8) is 0 Å². The van der Waals surface area contributed by atoms with Crippen molar-refractivity contribution in [2.45, 2.75) is 57.9 Å². The van der Waals surface area contributed by atoms with Gasteiger partial charge >= 0.3 is 0 Å². The quantitative estimate of drug-likeness (QED) is 0.627. The van der Waals surface area contributed by atoms with Crippen molar-refractivity contribution < 1.29 is 4.42 Å². The number of hydrogen-bond acceptors (Lipinski definition) is 3. The van der Waals surface area contributed by atoms with E-state index in [2.05, 4.69) is 46.2 Å². The molecule has 0 N–H and O–H groups in total. The van der Waals surface area contributed by atoms with Crippen molar-refractivity contribution in [1.29, 1.82) is 0 Å². The highest BCUT2D eigenvalue weighted by molar-refractivity contribution is 5.77. The summed E-state index contributed by atoms with van der Waals surface area (Å²) in [5.41, 5.74) is 5.15. The zero-order valence-electron chi connectivity index (χ0n) is 17.6. The highest BCUT2D eigenvalue weighted by Crippen LogP contribution is 2.49. The Balaban J connectivity index is 1.27. The largest absolute Gasteiger partial charge is 0.468 e. The second-order valence-electron chi connectivity index (χ2n) is 9.35. The van der Waals surface area contributed by atoms with Crippen LogP contribution < -0.4 is 4.90 Å². The standard InChI is InChI=1S/C26H34N2O/c1-4-12-26(13-5-1)14-10-22(11-15-26)24-8-2-3-9-25(24)28-18-16-27(17-19-28)21-23-7-6-20-29-23/h2-3,6-10,20H,1,4-5,11-19,21H2. The molecule has 1 aliphatic heterocycles. The van der Waals surface area contributed by atoms with Crippen LogP contribution in [0.25, 0.3) is 5.57 Å². The van der Waals surface area contributed by atoms with E-state index < -0.39 is 0 Å². The lowest BCUT2D eigenvalue weighted by molar-refractivity contribution is 0.172. The molecule has 2 aliphatic carbocycles. The van der Waals surface area contributed by atoms with Gasteiger partial charge in [-0.3, -0.25) is 4.90 Å². The molecule has 0 amide bonds. The summed E-state index contributed by atoms with van der Waals surface area (Å²) in [6, 6.07) is 13.2. The zero-order chi connectivity index (χ0) is 19.5. The Kier molecular flexibility index (Phi) is 5.50. The monoisotopic (exact) mass is 390 g/mol. The van der Waals surface area contributed by atoms with Crippen LogP contribution in [0.2, 0.25) is 0 Å². The van der Waals surface area contributed by atoms with Crippen LogP contribution in [0, 0.1) is 5.41 Å². The Hall–Kier alpha value is -2.00. The molecule has 0 unspecified atom stereocenters. The summed E-state index contributed by atoms with van der Waals surface area (Å²) in [6.07, 6.45) is 15.6. The molecular weight excluding hydrogens is 356 g/mol. The van der Waals surface area contributed by atoms with Crippen LogP contribution in [0.15, 0.2) is 53.2 Å². The number of piperazine rings is 1. The van der Waals surface area contributed by atoms with Crippen LogP contribution in [-0.4, -0.2) is 31.1 Å². The Morgan fingerprint density at radius 2 is 1.69 bits per heavy atom. The SMILES string of the molecule is C1=C(c2ccccc2N2CCN(Cc3ccco3)CC2)CCC2(C1)CCCCC2. The lowest BCUT2D eigenvalue weighted by Crippen LogP contribution is -2.46. The van der Waals surface area contributed by atoms with E-state index in [1.165, 1.54) is 62.6 Å². The van der Waals surface area contributed by atoms with E-state index in [9.17, 15) is 0 Å². The third-order valence-corrected chi connectivity index (χ3v) is 7.54. The average Bonchev–Trinajstić information content (AvgIpc) is 3.29. The molecule has 154 valence electrons. The van der Waals surface area contributed by atoms with Gasteiger partial charge in [-0.2, -0.15) is 0 Å². The Morgan fingerprint density at radius 1 is 0.862 bits per heavy atom. The molecule has 3 heteroatoms. The molecule has 3 nitrogen and oxygen atoms in total. The molecule has 5 rings (SSSR count). The second-order valence-corrected chi connectivity index (χ2v) is 9.35. The maximum Gasteiger partial charge on any atom is 0.117 e. The van der Waals surface area contributed by atoms with Crippen LogP contribution in [0.4, 0.5) is 5.69 Å². The van der Waals surface area contributed by atoms with Gasteiger partial charge in [-0.1, -0.05) is 43.5 Å². The number of para-hydroxylation sites is 1. The topological polar surface area (TPSA) is 19.6 Å². The number of hydrogen-bond donors (Lipinski definition) is 0. The fourth-order valence-electron chi connectivity index (χ4n) is 5.73. The molecule has 0 bridgehead atoms. The maximum atomic E-state index is 5.53. The van der Waals surface area contributed by atoms with Gasteiger partial charge in [-0.25, -0.2) is 0 Å². The van der Waals surface area contributed by atoms with E-state index in [-0.39, 0.29) is 0 Å². The van der Waals surface area contributed by atoms with Crippen LogP contribution in [-0.2, 0) is 6.54 Å². The summed E-state index contributed by atoms with van der Waals surface area (Å²) in [5, 5.41) is 0. The van der Waals surface area contributed by atoms with Gasteiger partial charge in [0, 0.05) is 37.4 Å². The van der Waals surface area contributed by atoms with Gasteiger partial charge in [0.2, 0.25) is 0 Å². The first-order valence-corrected chi connectivity index (χ1v) is 11.6. The van der Waals surface area contributed by atoms with Gasteiger partial charge in [0.05, 0.1) is 12.8 Å². The van der Waals surface area contributed by atoms with Gasteiger partial charge in [0.1, 0.15) is 5.76 Å². The van der Waals surface area contributed by atoms with Crippen LogP contribution in [0.5, 0.6) is 0 Å². The Labute approximate surface area is 175 Å². The van der Waals surface area contributed by atoms with Crippen molar-refractivity contribution in [1.82, 2.24) is 4.90 Å². The van der Waals surface area contributed by atoms with Gasteiger partial charge < -0.3 is 9.32 Å². The van der Waals surface area contributed by atoms with Crippen LogP contribution in [0.3, 0.4) is 0 Å². The van der Waals surface area contributed by atoms with Crippen molar-refractivity contribution >= 4 is 11.3 Å². The fraction of sp³-hybridized carbons (Fsp3) is 0.538. The minimum atomic E-state index is 0.633. The smallest absolute Gasteiger partial charge is 0.117 e. The molecule has 29 heavy (non-hydrogen) atoms. The third-order valence-electron chi connectivity index (χ3n) is 7.54. The highest BCUT2D eigenvalue weighted by Gasteiger charge is 2.34. The Bertz CT molecular complexity index is 824. The van der Waals surface area contributed by atoms with Crippen molar-refractivity contribution in [3.8, 4) is 0 Å². The average molecular weight is 391 g/mol. The van der Waals surface area contributed by atoms with Crippen molar-refractivity contribution in [2.24, 2.45) is 5.41 Å². The minimum Gasteiger partial charge on any atom is -0.468 e. The molecule has 0 radical (unpaired) electrons. The molecule has 1 aromatic carbocycles. The predicted octanol–water partition coefficient (Wildman–Crippen LogP) is 6.12. The molecule has 3 aliphatic rings. The molecule has 1 aromatic heterocycles. The van der Waals surface area contributed by atoms with Gasteiger partial charge in [0.25, 0.3) is 0 Å². The number of allylic oxidation sites excluding steroid dienone is 2. The highest BCUT2D eigenvalue weighted by atomic mass is 16.3. The van der Waals surface area contributed by atoms with E-state index in [1.807, 2.05) is 6.07 Å². The molecule has 1 spiro atoms. The lowest BCUT2D eigenvalue weighted by atomic mass is 9.65. The molecular formula is C26H34N2O. The summed E-state index contributed by atoms with van der Waals surface area (Å²) in [4.78, 5) is 5.10. The van der Waals surface area contributed by atoms with Crippen molar-refractivity contribution in [3.05, 3.63) is 60.1 Å². The molecule has 2 heterocycles. The van der Waals surface area contributed by atoms with Crippen molar-refractivity contribution in [2.75, 3.05) is 31.1 Å². The van der Waals surface area contributed by atoms with Gasteiger partial charge in [-0.05, 0) is 61.3 Å². The Morgan fingerprint density at radius 3 is 2.41 bits per heavy atom. The van der Waals surface area contributed by atoms with E-state index >= 15 is 0 Å². The third kappa shape index (κ3) is 4.16. The molecule has 1 saturated heterocycles. The van der Waals surface area contributed by atoms with E-state index in [0.29, 0.717) is 5.41 Å². The predicted molar refractivity (Wildman–Crippen MR) is 120 cm³/mol. The summed E-state index contributed by atoms with van der Waals surface area (Å²) < 4.78 is 5.53. The molecule has 2 fully saturated rings. The molecule has 1 saturated carbocycles. The maximum absolute atomic E-state index is 5.53. The first kappa shape index (κ1) is 19.0. The minimum absolute atomic E-state index is 0.633.